The number of hydrogen-bond acceptors (Lipinski definition) is 3. The summed E-state index contributed by atoms with van der Waals surface area (Å²) in [7, 11) is 1.81. The molecule has 0 saturated heterocycles. The Morgan fingerprint density at radius 1 is 1.53 bits per heavy atom. The van der Waals surface area contributed by atoms with Crippen LogP contribution in [0.3, 0.4) is 0 Å². The zero-order chi connectivity index (χ0) is 14.0. The zero-order valence-corrected chi connectivity index (χ0v) is 11.5. The lowest BCUT2D eigenvalue weighted by Gasteiger charge is -2.08. The van der Waals surface area contributed by atoms with Crippen molar-refractivity contribution in [3.8, 4) is 0 Å². The lowest BCUT2D eigenvalue weighted by molar-refractivity contribution is 0.102. The summed E-state index contributed by atoms with van der Waals surface area (Å²) in [4.78, 5) is 12.2. The summed E-state index contributed by atoms with van der Waals surface area (Å²) >= 11 is 5.90. The summed E-state index contributed by atoms with van der Waals surface area (Å²) in [6.45, 7) is 1.98. The molecule has 0 aliphatic rings. The topological polar surface area (TPSA) is 72.9 Å². The van der Waals surface area contributed by atoms with Crippen LogP contribution in [0.25, 0.3) is 0 Å². The number of nitrogens with zero attached hydrogens (tertiary/aromatic N) is 2. The van der Waals surface area contributed by atoms with Crippen molar-refractivity contribution in [2.75, 3.05) is 11.1 Å². The second-order valence-corrected chi connectivity index (χ2v) is 4.58. The van der Waals surface area contributed by atoms with Gasteiger partial charge in [-0.2, -0.15) is 5.10 Å². The summed E-state index contributed by atoms with van der Waals surface area (Å²) in [5.41, 5.74) is 7.96. The van der Waals surface area contributed by atoms with Crippen molar-refractivity contribution in [1.29, 1.82) is 0 Å². The highest BCUT2D eigenvalue weighted by Crippen LogP contribution is 2.24. The molecular formula is C13H15ClN4O. The number of anilines is 2. The van der Waals surface area contributed by atoms with E-state index >= 15 is 0 Å². The van der Waals surface area contributed by atoms with Gasteiger partial charge < -0.3 is 11.1 Å². The van der Waals surface area contributed by atoms with E-state index in [1.54, 1.807) is 29.1 Å². The van der Waals surface area contributed by atoms with Crippen molar-refractivity contribution in [2.45, 2.75) is 13.3 Å². The summed E-state index contributed by atoms with van der Waals surface area (Å²) in [5.74, 6) is -0.289. The highest BCUT2D eigenvalue weighted by Gasteiger charge is 2.14. The maximum Gasteiger partial charge on any atom is 0.257 e. The summed E-state index contributed by atoms with van der Waals surface area (Å²) in [6, 6.07) is 4.98. The van der Waals surface area contributed by atoms with Crippen LogP contribution in [0.15, 0.2) is 24.4 Å². The van der Waals surface area contributed by atoms with Gasteiger partial charge in [0.15, 0.2) is 0 Å². The van der Waals surface area contributed by atoms with Gasteiger partial charge >= 0.3 is 0 Å². The molecule has 2 aromatic rings. The van der Waals surface area contributed by atoms with E-state index in [0.29, 0.717) is 16.3 Å². The van der Waals surface area contributed by atoms with Crippen LogP contribution < -0.4 is 11.1 Å². The fourth-order valence-corrected chi connectivity index (χ4v) is 2.00. The van der Waals surface area contributed by atoms with E-state index < -0.39 is 0 Å². The van der Waals surface area contributed by atoms with Crippen molar-refractivity contribution >= 4 is 28.9 Å². The maximum atomic E-state index is 12.2. The third-order valence-corrected chi connectivity index (χ3v) is 3.12. The molecule has 0 aliphatic heterocycles. The zero-order valence-electron chi connectivity index (χ0n) is 10.8. The molecule has 100 valence electrons. The number of benzene rings is 1. The molecule has 0 spiro atoms. The van der Waals surface area contributed by atoms with Gasteiger partial charge in [-0.3, -0.25) is 9.48 Å². The molecule has 19 heavy (non-hydrogen) atoms. The smallest absolute Gasteiger partial charge is 0.257 e. The van der Waals surface area contributed by atoms with Gasteiger partial charge in [-0.05, 0) is 18.6 Å². The number of nitrogen functional groups attached to an aromatic ring is 1. The summed E-state index contributed by atoms with van der Waals surface area (Å²) < 4.78 is 1.66. The van der Waals surface area contributed by atoms with Crippen molar-refractivity contribution < 1.29 is 4.79 Å². The number of para-hydroxylation sites is 1. The fraction of sp³-hybridized carbons (Fsp3) is 0.231. The second kappa shape index (κ2) is 5.32. The highest BCUT2D eigenvalue weighted by molar-refractivity contribution is 6.34. The number of aromatic nitrogens is 2. The van der Waals surface area contributed by atoms with E-state index in [9.17, 15) is 4.79 Å². The monoisotopic (exact) mass is 278 g/mol. The molecule has 1 aromatic heterocycles. The minimum atomic E-state index is -0.289. The predicted molar refractivity (Wildman–Crippen MR) is 76.4 cm³/mol. The molecule has 0 saturated carbocycles. The quantitative estimate of drug-likeness (QED) is 0.847. The Bertz CT molecular complexity index is 621. The van der Waals surface area contributed by atoms with Crippen LogP contribution in [-0.4, -0.2) is 15.7 Å². The van der Waals surface area contributed by atoms with Gasteiger partial charge in [0, 0.05) is 13.2 Å². The molecule has 0 radical (unpaired) electrons. The summed E-state index contributed by atoms with van der Waals surface area (Å²) in [6.07, 6.45) is 2.50. The van der Waals surface area contributed by atoms with Gasteiger partial charge in [-0.15, -0.1) is 0 Å². The van der Waals surface area contributed by atoms with Gasteiger partial charge in [0.25, 0.3) is 5.91 Å². The van der Waals surface area contributed by atoms with Gasteiger partial charge in [0.1, 0.15) is 0 Å². The Balaban J connectivity index is 2.28. The van der Waals surface area contributed by atoms with Gasteiger partial charge in [-0.25, -0.2) is 0 Å². The van der Waals surface area contributed by atoms with E-state index in [2.05, 4.69) is 10.4 Å². The van der Waals surface area contributed by atoms with Crippen LogP contribution in [-0.2, 0) is 13.5 Å². The number of aryl methyl sites for hydroxylation is 2. The minimum Gasteiger partial charge on any atom is -0.397 e. The van der Waals surface area contributed by atoms with E-state index in [1.165, 1.54) is 0 Å². The van der Waals surface area contributed by atoms with Crippen LogP contribution in [0.4, 0.5) is 11.4 Å². The molecule has 1 aromatic carbocycles. The SMILES string of the molecule is CCc1nn(C)cc1NC(=O)c1cccc(Cl)c1N. The third-order valence-electron chi connectivity index (χ3n) is 2.79. The van der Waals surface area contributed by atoms with Crippen LogP contribution in [0.2, 0.25) is 5.02 Å². The predicted octanol–water partition coefficient (Wildman–Crippen LogP) is 2.47. The Hall–Kier alpha value is -2.01. The number of nitrogens with two attached hydrogens (primary N) is 1. The lowest BCUT2D eigenvalue weighted by atomic mass is 10.1. The van der Waals surface area contributed by atoms with E-state index in [1.807, 2.05) is 14.0 Å². The first-order valence-corrected chi connectivity index (χ1v) is 6.28. The molecule has 1 heterocycles. The number of rotatable bonds is 3. The third kappa shape index (κ3) is 2.71. The standard InChI is InChI=1S/C13H15ClN4O/c1-3-10-11(7-18(2)17-10)16-13(19)8-5-4-6-9(14)12(8)15/h4-7H,3,15H2,1-2H3,(H,16,19). The van der Waals surface area contributed by atoms with Gasteiger partial charge in [0.2, 0.25) is 0 Å². The van der Waals surface area contributed by atoms with Crippen LogP contribution in [0.5, 0.6) is 0 Å². The number of carbonyl (C=O) groups is 1. The van der Waals surface area contributed by atoms with Crippen LogP contribution in [0.1, 0.15) is 23.0 Å². The molecule has 3 N–H and O–H groups in total. The number of nitrogens with one attached hydrogen (secondary N) is 1. The maximum absolute atomic E-state index is 12.2. The Kier molecular flexibility index (Phi) is 3.76. The molecule has 0 fully saturated rings. The first kappa shape index (κ1) is 13.4. The molecule has 0 unspecified atom stereocenters. The number of amides is 1. The van der Waals surface area contributed by atoms with Crippen LogP contribution >= 0.6 is 11.6 Å². The molecule has 0 atom stereocenters. The van der Waals surface area contributed by atoms with Crippen molar-refractivity contribution in [1.82, 2.24) is 9.78 Å². The van der Waals surface area contributed by atoms with Crippen molar-refractivity contribution in [3.05, 3.63) is 40.7 Å². The van der Waals surface area contributed by atoms with E-state index in [0.717, 1.165) is 12.1 Å². The molecule has 6 heteroatoms. The second-order valence-electron chi connectivity index (χ2n) is 4.17. The fourth-order valence-electron chi connectivity index (χ4n) is 1.82. The minimum absolute atomic E-state index is 0.281. The van der Waals surface area contributed by atoms with Crippen molar-refractivity contribution in [3.63, 3.8) is 0 Å². The Morgan fingerprint density at radius 2 is 2.26 bits per heavy atom. The van der Waals surface area contributed by atoms with Crippen molar-refractivity contribution in [2.24, 2.45) is 7.05 Å². The lowest BCUT2D eigenvalue weighted by Crippen LogP contribution is -2.14. The molecule has 0 aliphatic carbocycles. The average Bonchev–Trinajstić information content (AvgIpc) is 2.72. The molecule has 1 amide bonds. The highest BCUT2D eigenvalue weighted by atomic mass is 35.5. The van der Waals surface area contributed by atoms with E-state index in [4.69, 9.17) is 17.3 Å². The average molecular weight is 279 g/mol. The molecule has 0 bridgehead atoms. The Labute approximate surface area is 116 Å². The Morgan fingerprint density at radius 3 is 2.95 bits per heavy atom. The molecular weight excluding hydrogens is 264 g/mol. The van der Waals surface area contributed by atoms with Gasteiger partial charge in [0.05, 0.1) is 27.7 Å². The summed E-state index contributed by atoms with van der Waals surface area (Å²) in [5, 5.41) is 7.44. The number of halogens is 1. The van der Waals surface area contributed by atoms with Gasteiger partial charge in [-0.1, -0.05) is 24.6 Å². The first-order chi connectivity index (χ1) is 9.02. The number of hydrogen-bond donors (Lipinski definition) is 2. The largest absolute Gasteiger partial charge is 0.397 e. The van der Waals surface area contributed by atoms with E-state index in [-0.39, 0.29) is 11.6 Å². The molecule has 2 rings (SSSR count). The normalized spacial score (nSPS) is 10.5. The number of carbonyl (C=O) groups excluding carboxylic acids is 1. The van der Waals surface area contributed by atoms with Crippen LogP contribution in [0, 0.1) is 0 Å². The first-order valence-electron chi connectivity index (χ1n) is 5.90. The molecule has 5 nitrogen and oxygen atoms in total.